The summed E-state index contributed by atoms with van der Waals surface area (Å²) in [4.78, 5) is 19.7. The van der Waals surface area contributed by atoms with Crippen molar-refractivity contribution in [1.82, 2.24) is 15.0 Å². The minimum atomic E-state index is -0.402. The summed E-state index contributed by atoms with van der Waals surface area (Å²) in [6, 6.07) is 16.8. The number of nitrogens with one attached hydrogen (secondary N) is 2. The first-order chi connectivity index (χ1) is 10.4. The molecule has 0 saturated carbocycles. The van der Waals surface area contributed by atoms with E-state index in [0.717, 1.165) is 5.52 Å². The van der Waals surface area contributed by atoms with Gasteiger partial charge in [-0.15, -0.1) is 0 Å². The van der Waals surface area contributed by atoms with Crippen LogP contribution in [0.15, 0.2) is 88.6 Å². The lowest BCUT2D eigenvalue weighted by molar-refractivity contribution is 0.555. The van der Waals surface area contributed by atoms with Gasteiger partial charge in [-0.05, 0) is 36.4 Å². The van der Waals surface area contributed by atoms with Crippen LogP contribution in [-0.4, -0.2) is 15.0 Å². The lowest BCUT2D eigenvalue weighted by Gasteiger charge is -1.79. The molecule has 21 heavy (non-hydrogen) atoms. The molecule has 0 spiro atoms. The molecule has 0 aliphatic carbocycles. The maximum atomic E-state index is 10.6. The van der Waals surface area contributed by atoms with Crippen LogP contribution in [-0.2, 0) is 0 Å². The van der Waals surface area contributed by atoms with E-state index in [0.29, 0.717) is 5.58 Å². The van der Waals surface area contributed by atoms with Crippen molar-refractivity contribution in [3.05, 3.63) is 89.9 Å². The summed E-state index contributed by atoms with van der Waals surface area (Å²) in [6.07, 6.45) is 7.25. The minimum absolute atomic E-state index is 0.402. The van der Waals surface area contributed by atoms with E-state index in [9.17, 15) is 4.79 Å². The van der Waals surface area contributed by atoms with Gasteiger partial charge in [0.2, 0.25) is 0 Å². The third-order valence-corrected chi connectivity index (χ3v) is 2.39. The predicted molar refractivity (Wildman–Crippen MR) is 81.9 cm³/mol. The molecule has 3 aromatic heterocycles. The fraction of sp³-hybridized carbons (Fsp3) is 0. The molecule has 0 radical (unpaired) electrons. The topological polar surface area (TPSA) is 74.7 Å². The van der Waals surface area contributed by atoms with Crippen molar-refractivity contribution in [2.75, 3.05) is 0 Å². The zero-order valence-electron chi connectivity index (χ0n) is 11.3. The number of aromatic nitrogens is 3. The number of fused-ring (bicyclic) bond motifs is 1. The summed E-state index contributed by atoms with van der Waals surface area (Å²) in [5.41, 5.74) is 1.35. The van der Waals surface area contributed by atoms with Crippen LogP contribution in [0.1, 0.15) is 0 Å². The first kappa shape index (κ1) is 14.3. The molecule has 2 N–H and O–H groups in total. The number of hydrogen-bond acceptors (Lipinski definition) is 3. The Balaban J connectivity index is 0.000000126. The van der Waals surface area contributed by atoms with E-state index < -0.39 is 5.76 Å². The lowest BCUT2D eigenvalue weighted by atomic mass is 10.3. The highest BCUT2D eigenvalue weighted by Gasteiger charge is 1.95. The predicted octanol–water partition coefficient (Wildman–Crippen LogP) is 3.22. The van der Waals surface area contributed by atoms with Crippen LogP contribution in [0.3, 0.4) is 0 Å². The van der Waals surface area contributed by atoms with Crippen molar-refractivity contribution in [3.63, 3.8) is 0 Å². The lowest BCUT2D eigenvalue weighted by Crippen LogP contribution is -1.92. The summed E-state index contributed by atoms with van der Waals surface area (Å²) in [5, 5.41) is 0. The molecule has 5 heteroatoms. The average molecular weight is 281 g/mol. The maximum absolute atomic E-state index is 10.6. The number of H-pyrrole nitrogens is 2. The number of para-hydroxylation sites is 2. The van der Waals surface area contributed by atoms with Gasteiger partial charge in [-0.2, -0.15) is 0 Å². The van der Waals surface area contributed by atoms with Gasteiger partial charge in [0.15, 0.2) is 5.58 Å². The van der Waals surface area contributed by atoms with Gasteiger partial charge in [0.1, 0.15) is 0 Å². The molecule has 0 aliphatic rings. The van der Waals surface area contributed by atoms with Crippen molar-refractivity contribution in [3.8, 4) is 0 Å². The van der Waals surface area contributed by atoms with Gasteiger partial charge in [0.25, 0.3) is 0 Å². The number of rotatable bonds is 0. The number of oxazole rings is 1. The van der Waals surface area contributed by atoms with E-state index in [1.54, 1.807) is 24.5 Å². The molecule has 0 saturated heterocycles. The molecule has 0 atom stereocenters. The van der Waals surface area contributed by atoms with Gasteiger partial charge in [-0.3, -0.25) is 9.97 Å². The standard InChI is InChI=1S/C7H5NO2.C5H5N.C4H5N/c9-7-8-5-3-1-2-4-6(5)10-7;1-2-4-6-5-3-1;1-2-4-5-3-1/h1-4H,(H,8,9);1-5H;1-5H. The van der Waals surface area contributed by atoms with E-state index in [4.69, 9.17) is 4.42 Å². The van der Waals surface area contributed by atoms with Crippen molar-refractivity contribution >= 4 is 11.1 Å². The summed E-state index contributed by atoms with van der Waals surface area (Å²) in [6.45, 7) is 0. The molecule has 0 unspecified atom stereocenters. The molecular formula is C16H15N3O2. The highest BCUT2D eigenvalue weighted by molar-refractivity contribution is 5.71. The normalized spacial score (nSPS) is 9.14. The van der Waals surface area contributed by atoms with E-state index in [1.165, 1.54) is 0 Å². The fourth-order valence-electron chi connectivity index (χ4n) is 1.48. The Morgan fingerprint density at radius 3 is 2.05 bits per heavy atom. The highest BCUT2D eigenvalue weighted by atomic mass is 16.4. The molecule has 4 rings (SSSR count). The molecule has 0 amide bonds. The van der Waals surface area contributed by atoms with Crippen LogP contribution < -0.4 is 5.76 Å². The van der Waals surface area contributed by atoms with Gasteiger partial charge in [-0.25, -0.2) is 4.79 Å². The second-order valence-corrected chi connectivity index (χ2v) is 3.92. The fourth-order valence-corrected chi connectivity index (χ4v) is 1.48. The number of pyridine rings is 1. The van der Waals surface area contributed by atoms with Crippen LogP contribution in [0.5, 0.6) is 0 Å². The van der Waals surface area contributed by atoms with E-state index in [2.05, 4.69) is 15.0 Å². The average Bonchev–Trinajstić information content (AvgIpc) is 3.21. The Hall–Kier alpha value is -3.08. The molecular weight excluding hydrogens is 266 g/mol. The summed E-state index contributed by atoms with van der Waals surface area (Å²) in [5.74, 6) is -0.402. The molecule has 106 valence electrons. The summed E-state index contributed by atoms with van der Waals surface area (Å²) >= 11 is 0. The monoisotopic (exact) mass is 281 g/mol. The Morgan fingerprint density at radius 1 is 0.857 bits per heavy atom. The van der Waals surface area contributed by atoms with Gasteiger partial charge >= 0.3 is 5.76 Å². The first-order valence-corrected chi connectivity index (χ1v) is 6.37. The SMILES string of the molecule is O=c1[nH]c2ccccc2o1.c1cc[nH]c1.c1ccncc1. The van der Waals surface area contributed by atoms with Crippen LogP contribution in [0.25, 0.3) is 11.1 Å². The maximum Gasteiger partial charge on any atom is 0.417 e. The number of hydrogen-bond donors (Lipinski definition) is 2. The van der Waals surface area contributed by atoms with Crippen molar-refractivity contribution in [1.29, 1.82) is 0 Å². The third kappa shape index (κ3) is 5.20. The Morgan fingerprint density at radius 2 is 1.57 bits per heavy atom. The van der Waals surface area contributed by atoms with Gasteiger partial charge < -0.3 is 9.40 Å². The second-order valence-electron chi connectivity index (χ2n) is 3.92. The zero-order valence-corrected chi connectivity index (χ0v) is 11.3. The van der Waals surface area contributed by atoms with E-state index in [-0.39, 0.29) is 0 Å². The molecule has 1 aromatic carbocycles. The number of benzene rings is 1. The Labute approximate surface area is 121 Å². The molecule has 4 aromatic rings. The largest absolute Gasteiger partial charge is 0.417 e. The molecule has 5 nitrogen and oxygen atoms in total. The third-order valence-electron chi connectivity index (χ3n) is 2.39. The molecule has 3 heterocycles. The molecule has 0 bridgehead atoms. The van der Waals surface area contributed by atoms with E-state index in [1.807, 2.05) is 54.9 Å². The minimum Gasteiger partial charge on any atom is -0.408 e. The molecule has 0 fully saturated rings. The van der Waals surface area contributed by atoms with Crippen LogP contribution in [0, 0.1) is 0 Å². The van der Waals surface area contributed by atoms with Gasteiger partial charge in [0.05, 0.1) is 5.52 Å². The van der Waals surface area contributed by atoms with Crippen LogP contribution in [0.4, 0.5) is 0 Å². The highest BCUT2D eigenvalue weighted by Crippen LogP contribution is 2.06. The van der Waals surface area contributed by atoms with Crippen LogP contribution >= 0.6 is 0 Å². The summed E-state index contributed by atoms with van der Waals surface area (Å²) < 4.78 is 4.76. The quantitative estimate of drug-likeness (QED) is 0.519. The van der Waals surface area contributed by atoms with Crippen molar-refractivity contribution in [2.24, 2.45) is 0 Å². The van der Waals surface area contributed by atoms with E-state index >= 15 is 0 Å². The number of nitrogens with zero attached hydrogens (tertiary/aromatic N) is 1. The Kier molecular flexibility index (Phi) is 5.57. The second kappa shape index (κ2) is 8.16. The zero-order chi connectivity index (χ0) is 14.8. The van der Waals surface area contributed by atoms with Crippen LogP contribution in [0.2, 0.25) is 0 Å². The Bertz CT molecular complexity index is 694. The van der Waals surface area contributed by atoms with Gasteiger partial charge in [0, 0.05) is 24.8 Å². The number of aromatic amines is 2. The summed E-state index contributed by atoms with van der Waals surface area (Å²) in [7, 11) is 0. The van der Waals surface area contributed by atoms with Gasteiger partial charge in [-0.1, -0.05) is 18.2 Å². The van der Waals surface area contributed by atoms with Crippen molar-refractivity contribution < 1.29 is 4.42 Å². The molecule has 0 aliphatic heterocycles. The first-order valence-electron chi connectivity index (χ1n) is 6.37. The smallest absolute Gasteiger partial charge is 0.408 e. The van der Waals surface area contributed by atoms with Crippen molar-refractivity contribution in [2.45, 2.75) is 0 Å².